The van der Waals surface area contributed by atoms with Crippen molar-refractivity contribution >= 4 is 29.7 Å². The zero-order valence-corrected chi connectivity index (χ0v) is 17.6. The normalized spacial score (nSPS) is 20.0. The number of carboxylic acid groups (broad SMARTS) is 2. The van der Waals surface area contributed by atoms with E-state index in [9.17, 15) is 24.0 Å². The van der Waals surface area contributed by atoms with E-state index < -0.39 is 54.3 Å². The van der Waals surface area contributed by atoms with Crippen molar-refractivity contribution in [1.29, 1.82) is 0 Å². The highest BCUT2D eigenvalue weighted by atomic mass is 16.4. The molecule has 0 saturated carbocycles. The van der Waals surface area contributed by atoms with E-state index in [1.54, 1.807) is 0 Å². The second-order valence-corrected chi connectivity index (χ2v) is 7.66. The average molecular weight is 428 g/mol. The van der Waals surface area contributed by atoms with Gasteiger partial charge in [-0.05, 0) is 32.1 Å². The van der Waals surface area contributed by atoms with Gasteiger partial charge in [0, 0.05) is 13.0 Å². The van der Waals surface area contributed by atoms with Crippen LogP contribution in [0.2, 0.25) is 0 Å². The molecule has 1 fully saturated rings. The Kier molecular flexibility index (Phi) is 9.70. The molecule has 5 unspecified atom stereocenters. The van der Waals surface area contributed by atoms with Gasteiger partial charge in [-0.15, -0.1) is 0 Å². The fourth-order valence-corrected chi connectivity index (χ4v) is 3.19. The van der Waals surface area contributed by atoms with Gasteiger partial charge in [0.1, 0.15) is 18.1 Å². The molecule has 0 radical (unpaired) electrons. The van der Waals surface area contributed by atoms with E-state index in [-0.39, 0.29) is 18.2 Å². The van der Waals surface area contributed by atoms with Crippen LogP contribution in [0.4, 0.5) is 0 Å². The van der Waals surface area contributed by atoms with Gasteiger partial charge in [0.2, 0.25) is 17.7 Å². The van der Waals surface area contributed by atoms with Crippen LogP contribution in [-0.4, -0.2) is 75.5 Å². The molecule has 11 heteroatoms. The molecule has 1 aliphatic heterocycles. The molecule has 5 atom stereocenters. The Labute approximate surface area is 175 Å². The summed E-state index contributed by atoms with van der Waals surface area (Å²) in [5.74, 6) is -4.16. The lowest BCUT2D eigenvalue weighted by Crippen LogP contribution is -2.56. The van der Waals surface area contributed by atoms with Gasteiger partial charge >= 0.3 is 11.9 Å². The van der Waals surface area contributed by atoms with Crippen LogP contribution in [0, 0.1) is 5.92 Å². The van der Waals surface area contributed by atoms with Crippen molar-refractivity contribution in [2.75, 3.05) is 6.54 Å². The van der Waals surface area contributed by atoms with Crippen LogP contribution < -0.4 is 16.4 Å². The van der Waals surface area contributed by atoms with Crippen molar-refractivity contribution in [1.82, 2.24) is 15.5 Å². The number of carbonyl (C=O) groups is 5. The van der Waals surface area contributed by atoms with Gasteiger partial charge in [-0.1, -0.05) is 20.3 Å². The maximum absolute atomic E-state index is 12.7. The van der Waals surface area contributed by atoms with E-state index >= 15 is 0 Å². The van der Waals surface area contributed by atoms with E-state index in [1.165, 1.54) is 11.8 Å². The maximum Gasteiger partial charge on any atom is 0.326 e. The molecule has 0 spiro atoms. The summed E-state index contributed by atoms with van der Waals surface area (Å²) in [6, 6.07) is -3.91. The SMILES string of the molecule is CCC(C)C(N)C(=O)N1CCCC1C(=O)NC(C)C(=O)NC(CCC(=O)O)C(=O)O. The predicted molar refractivity (Wildman–Crippen MR) is 106 cm³/mol. The van der Waals surface area contributed by atoms with Crippen molar-refractivity contribution in [3.63, 3.8) is 0 Å². The van der Waals surface area contributed by atoms with Gasteiger partial charge in [-0.3, -0.25) is 19.2 Å². The molecule has 0 aromatic heterocycles. The summed E-state index contributed by atoms with van der Waals surface area (Å²) >= 11 is 0. The molecular formula is C19H32N4O7. The van der Waals surface area contributed by atoms with E-state index in [4.69, 9.17) is 15.9 Å². The number of nitrogens with two attached hydrogens (primary N) is 1. The third-order valence-electron chi connectivity index (χ3n) is 5.39. The monoisotopic (exact) mass is 428 g/mol. The number of hydrogen-bond donors (Lipinski definition) is 5. The summed E-state index contributed by atoms with van der Waals surface area (Å²) in [6.07, 6.45) is 1.09. The molecule has 0 bridgehead atoms. The highest BCUT2D eigenvalue weighted by Gasteiger charge is 2.38. The first-order chi connectivity index (χ1) is 14.0. The molecule has 11 nitrogen and oxygen atoms in total. The zero-order valence-electron chi connectivity index (χ0n) is 17.6. The van der Waals surface area contributed by atoms with Crippen LogP contribution in [0.3, 0.4) is 0 Å². The second kappa shape index (κ2) is 11.5. The zero-order chi connectivity index (χ0) is 23.0. The molecule has 1 rings (SSSR count). The molecule has 1 heterocycles. The first kappa shape index (κ1) is 25.3. The number of aliphatic carboxylic acids is 2. The minimum Gasteiger partial charge on any atom is -0.481 e. The molecular weight excluding hydrogens is 396 g/mol. The van der Waals surface area contributed by atoms with E-state index in [0.29, 0.717) is 19.4 Å². The van der Waals surface area contributed by atoms with Crippen molar-refractivity contribution in [2.24, 2.45) is 11.7 Å². The minimum atomic E-state index is -1.38. The summed E-state index contributed by atoms with van der Waals surface area (Å²) in [6.45, 7) is 5.57. The first-order valence-electron chi connectivity index (χ1n) is 10.1. The van der Waals surface area contributed by atoms with Gasteiger partial charge in [0.05, 0.1) is 6.04 Å². The van der Waals surface area contributed by atoms with Crippen LogP contribution >= 0.6 is 0 Å². The number of nitrogens with zero attached hydrogens (tertiary/aromatic N) is 1. The Morgan fingerprint density at radius 2 is 1.77 bits per heavy atom. The van der Waals surface area contributed by atoms with Crippen LogP contribution in [0.25, 0.3) is 0 Å². The first-order valence-corrected chi connectivity index (χ1v) is 10.1. The summed E-state index contributed by atoms with van der Waals surface area (Å²) in [7, 11) is 0. The predicted octanol–water partition coefficient (Wildman–Crippen LogP) is -0.710. The van der Waals surface area contributed by atoms with Crippen LogP contribution in [0.5, 0.6) is 0 Å². The molecule has 170 valence electrons. The molecule has 0 aromatic carbocycles. The van der Waals surface area contributed by atoms with Crippen LogP contribution in [0.1, 0.15) is 52.9 Å². The molecule has 30 heavy (non-hydrogen) atoms. The number of amides is 3. The quantitative estimate of drug-likeness (QED) is 0.286. The van der Waals surface area contributed by atoms with Gasteiger partial charge in [-0.25, -0.2) is 4.79 Å². The third kappa shape index (κ3) is 6.97. The van der Waals surface area contributed by atoms with Gasteiger partial charge in [0.15, 0.2) is 0 Å². The fraction of sp³-hybridized carbons (Fsp3) is 0.737. The Morgan fingerprint density at radius 3 is 2.30 bits per heavy atom. The lowest BCUT2D eigenvalue weighted by atomic mass is 9.98. The number of hydrogen-bond acceptors (Lipinski definition) is 6. The number of carboxylic acids is 2. The van der Waals surface area contributed by atoms with E-state index in [0.717, 1.165) is 6.42 Å². The summed E-state index contributed by atoms with van der Waals surface area (Å²) in [4.78, 5) is 60.9. The Hall–Kier alpha value is -2.69. The Morgan fingerprint density at radius 1 is 1.13 bits per heavy atom. The minimum absolute atomic E-state index is 0.0368. The number of likely N-dealkylation sites (tertiary alicyclic amines) is 1. The highest BCUT2D eigenvalue weighted by Crippen LogP contribution is 2.20. The molecule has 0 aromatic rings. The Balaban J connectivity index is 2.70. The maximum atomic E-state index is 12.7. The van der Waals surface area contributed by atoms with Gasteiger partial charge < -0.3 is 31.5 Å². The van der Waals surface area contributed by atoms with Crippen LogP contribution in [-0.2, 0) is 24.0 Å². The van der Waals surface area contributed by atoms with Gasteiger partial charge in [0.25, 0.3) is 0 Å². The molecule has 1 aliphatic rings. The average Bonchev–Trinajstić information content (AvgIpc) is 3.18. The van der Waals surface area contributed by atoms with Gasteiger partial charge in [-0.2, -0.15) is 0 Å². The smallest absolute Gasteiger partial charge is 0.326 e. The number of rotatable bonds is 11. The topological polar surface area (TPSA) is 179 Å². The standard InChI is InChI=1S/C19H32N4O7/c1-4-10(2)15(20)18(28)23-9-5-6-13(23)17(27)21-11(3)16(26)22-12(19(29)30)7-8-14(24)25/h10-13,15H,4-9,20H2,1-3H3,(H,21,27)(H,22,26)(H,24,25)(H,29,30). The number of nitrogens with one attached hydrogen (secondary N) is 2. The number of carbonyl (C=O) groups excluding carboxylic acids is 3. The van der Waals surface area contributed by atoms with E-state index in [1.807, 2.05) is 13.8 Å². The lowest BCUT2D eigenvalue weighted by Gasteiger charge is -2.29. The van der Waals surface area contributed by atoms with E-state index in [2.05, 4.69) is 10.6 Å². The van der Waals surface area contributed by atoms with Crippen LogP contribution in [0.15, 0.2) is 0 Å². The second-order valence-electron chi connectivity index (χ2n) is 7.66. The van der Waals surface area contributed by atoms with Crippen molar-refractivity contribution in [3.8, 4) is 0 Å². The largest absolute Gasteiger partial charge is 0.481 e. The highest BCUT2D eigenvalue weighted by molar-refractivity contribution is 5.94. The van der Waals surface area contributed by atoms with Crippen molar-refractivity contribution < 1.29 is 34.2 Å². The summed E-state index contributed by atoms with van der Waals surface area (Å²) in [5, 5.41) is 22.5. The van der Waals surface area contributed by atoms with Crippen molar-refractivity contribution in [2.45, 2.75) is 77.0 Å². The molecule has 3 amide bonds. The summed E-state index contributed by atoms with van der Waals surface area (Å²) in [5.41, 5.74) is 6.01. The summed E-state index contributed by atoms with van der Waals surface area (Å²) < 4.78 is 0. The third-order valence-corrected chi connectivity index (χ3v) is 5.39. The molecule has 1 saturated heterocycles. The molecule has 0 aliphatic carbocycles. The molecule has 6 N–H and O–H groups in total. The Bertz CT molecular complexity index is 669. The van der Waals surface area contributed by atoms with Crippen molar-refractivity contribution in [3.05, 3.63) is 0 Å². The lowest BCUT2D eigenvalue weighted by molar-refractivity contribution is -0.144. The fourth-order valence-electron chi connectivity index (χ4n) is 3.19.